The average Bonchev–Trinajstić information content (AvgIpc) is 3.42. The number of aromatic hydroxyl groups is 14. The van der Waals surface area contributed by atoms with E-state index in [2.05, 4.69) is 0 Å². The molecule has 7 aromatic rings. The van der Waals surface area contributed by atoms with Gasteiger partial charge in [0.2, 0.25) is 23.0 Å². The Bertz CT molecular complexity index is 2470. The number of furan rings is 1. The number of rotatable bonds is 2. The summed E-state index contributed by atoms with van der Waals surface area (Å²) in [6, 6.07) is 6.13. The third-order valence-corrected chi connectivity index (χ3v) is 8.10. The van der Waals surface area contributed by atoms with Gasteiger partial charge in [-0.15, -0.1) is 0 Å². The maximum absolute atomic E-state index is 11.3. The van der Waals surface area contributed by atoms with E-state index < -0.39 is 108 Å². The highest BCUT2D eigenvalue weighted by Crippen LogP contribution is 2.60. The lowest BCUT2D eigenvalue weighted by Gasteiger charge is -2.20. The zero-order valence-electron chi connectivity index (χ0n) is 23.1. The van der Waals surface area contributed by atoms with Crippen molar-refractivity contribution in [1.82, 2.24) is 0 Å². The lowest BCUT2D eigenvalue weighted by molar-refractivity contribution is 0.348. The predicted octanol–water partition coefficient (Wildman–Crippen LogP) is 5.10. The standard InChI is InChI=1S/C32H20O15/c33-12-3-8-10(5-14(12)35)19(11-6-15(36)13(34)4-9(11)18(8)7-1-16(37)23(39)17(38)2-7)20-24(40)27(43)25(41)21-22-26(42)28(44)29(45)30(46)32(22)47-31(20)21/h1-6,33-46H. The zero-order valence-corrected chi connectivity index (χ0v) is 23.1. The number of phenolic OH excluding ortho intramolecular Hbond substituents is 14. The molecule has 238 valence electrons. The number of fused-ring (bicyclic) bond motifs is 5. The minimum Gasteiger partial charge on any atom is -0.504 e. The quantitative estimate of drug-likeness (QED) is 0.0661. The van der Waals surface area contributed by atoms with Gasteiger partial charge in [0.1, 0.15) is 0 Å². The molecule has 14 N–H and O–H groups in total. The van der Waals surface area contributed by atoms with Crippen LogP contribution in [0.5, 0.6) is 80.5 Å². The summed E-state index contributed by atoms with van der Waals surface area (Å²) in [5, 5.41) is 146. The Kier molecular flexibility index (Phi) is 5.59. The van der Waals surface area contributed by atoms with E-state index in [-0.39, 0.29) is 38.2 Å². The molecule has 0 radical (unpaired) electrons. The maximum Gasteiger partial charge on any atom is 0.208 e. The Morgan fingerprint density at radius 1 is 0.298 bits per heavy atom. The molecule has 7 rings (SSSR count). The van der Waals surface area contributed by atoms with Gasteiger partial charge < -0.3 is 75.9 Å². The van der Waals surface area contributed by atoms with E-state index in [1.54, 1.807) is 0 Å². The fraction of sp³-hybridized carbons (Fsp3) is 0. The molecule has 0 bridgehead atoms. The molecule has 1 aromatic heterocycles. The minimum atomic E-state index is -1.22. The molecule has 0 aliphatic rings. The molecule has 0 aliphatic carbocycles. The Labute approximate surface area is 258 Å². The second kappa shape index (κ2) is 9.18. The molecule has 0 aliphatic heterocycles. The van der Waals surface area contributed by atoms with Crippen molar-refractivity contribution in [2.24, 2.45) is 0 Å². The van der Waals surface area contributed by atoms with Crippen LogP contribution < -0.4 is 0 Å². The maximum atomic E-state index is 11.3. The van der Waals surface area contributed by atoms with E-state index in [4.69, 9.17) is 4.42 Å². The average molecular weight is 644 g/mol. The first kappa shape index (κ1) is 28.6. The van der Waals surface area contributed by atoms with Crippen LogP contribution in [-0.2, 0) is 0 Å². The van der Waals surface area contributed by atoms with E-state index in [1.165, 1.54) is 0 Å². The van der Waals surface area contributed by atoms with Gasteiger partial charge in [-0.25, -0.2) is 0 Å². The van der Waals surface area contributed by atoms with Crippen LogP contribution in [0.4, 0.5) is 0 Å². The summed E-state index contributed by atoms with van der Waals surface area (Å²) < 4.78 is 5.74. The largest absolute Gasteiger partial charge is 0.504 e. The lowest BCUT2D eigenvalue weighted by Crippen LogP contribution is -1.93. The molecule has 15 nitrogen and oxygen atoms in total. The van der Waals surface area contributed by atoms with E-state index in [9.17, 15) is 71.5 Å². The number of hydrogen-bond donors (Lipinski definition) is 14. The van der Waals surface area contributed by atoms with Crippen molar-refractivity contribution in [3.63, 3.8) is 0 Å². The van der Waals surface area contributed by atoms with Gasteiger partial charge in [0.05, 0.1) is 16.3 Å². The van der Waals surface area contributed by atoms with Gasteiger partial charge in [0, 0.05) is 5.56 Å². The third-order valence-electron chi connectivity index (χ3n) is 8.10. The van der Waals surface area contributed by atoms with E-state index >= 15 is 0 Å². The van der Waals surface area contributed by atoms with Gasteiger partial charge >= 0.3 is 0 Å². The summed E-state index contributed by atoms with van der Waals surface area (Å²) in [4.78, 5) is 0. The van der Waals surface area contributed by atoms with Crippen molar-refractivity contribution in [3.8, 4) is 103 Å². The number of hydrogen-bond acceptors (Lipinski definition) is 15. The van der Waals surface area contributed by atoms with Crippen LogP contribution in [0.25, 0.3) is 65.7 Å². The minimum absolute atomic E-state index is 0.0171. The summed E-state index contributed by atoms with van der Waals surface area (Å²) in [7, 11) is 0. The molecular weight excluding hydrogens is 624 g/mol. The summed E-state index contributed by atoms with van der Waals surface area (Å²) >= 11 is 0. The van der Waals surface area contributed by atoms with Gasteiger partial charge in [-0.05, 0) is 69.1 Å². The van der Waals surface area contributed by atoms with Gasteiger partial charge in [-0.3, -0.25) is 0 Å². The summed E-state index contributed by atoms with van der Waals surface area (Å²) in [6.45, 7) is 0. The van der Waals surface area contributed by atoms with Crippen molar-refractivity contribution in [1.29, 1.82) is 0 Å². The first-order valence-corrected chi connectivity index (χ1v) is 13.3. The summed E-state index contributed by atoms with van der Waals surface area (Å²) in [6.07, 6.45) is 0. The second-order valence-electron chi connectivity index (χ2n) is 10.7. The van der Waals surface area contributed by atoms with Crippen molar-refractivity contribution < 1.29 is 75.9 Å². The first-order chi connectivity index (χ1) is 22.1. The third kappa shape index (κ3) is 3.61. The highest BCUT2D eigenvalue weighted by molar-refractivity contribution is 6.28. The molecule has 0 saturated carbocycles. The fourth-order valence-corrected chi connectivity index (χ4v) is 5.96. The summed E-state index contributed by atoms with van der Waals surface area (Å²) in [5.41, 5.74) is -2.07. The van der Waals surface area contributed by atoms with Gasteiger partial charge in [-0.2, -0.15) is 0 Å². The van der Waals surface area contributed by atoms with Gasteiger partial charge in [-0.1, -0.05) is 0 Å². The SMILES string of the molecule is Oc1cc2c(-c3cc(O)c(O)c(O)c3)c3cc(O)c(O)cc3c(-c3c(O)c(O)c(O)c4c3oc3c(O)c(O)c(O)c(O)c34)c2cc1O. The molecule has 0 atom stereocenters. The van der Waals surface area contributed by atoms with E-state index in [0.717, 1.165) is 36.4 Å². The molecular formula is C32H20O15. The van der Waals surface area contributed by atoms with Crippen molar-refractivity contribution in [3.05, 3.63) is 36.4 Å². The number of phenols is 14. The molecule has 0 fully saturated rings. The molecule has 0 spiro atoms. The highest BCUT2D eigenvalue weighted by Gasteiger charge is 2.33. The zero-order chi connectivity index (χ0) is 34.0. The van der Waals surface area contributed by atoms with Crippen LogP contribution in [0, 0.1) is 0 Å². The molecule has 0 unspecified atom stereocenters. The molecule has 0 amide bonds. The molecule has 47 heavy (non-hydrogen) atoms. The number of benzene rings is 6. The van der Waals surface area contributed by atoms with Crippen LogP contribution in [0.1, 0.15) is 0 Å². The van der Waals surface area contributed by atoms with Crippen molar-refractivity contribution >= 4 is 43.5 Å². The van der Waals surface area contributed by atoms with E-state index in [0.29, 0.717) is 0 Å². The Hall–Kier alpha value is -7.16. The highest BCUT2D eigenvalue weighted by atomic mass is 16.4. The Morgan fingerprint density at radius 3 is 1.15 bits per heavy atom. The van der Waals surface area contributed by atoms with Crippen LogP contribution in [0.15, 0.2) is 40.8 Å². The van der Waals surface area contributed by atoms with Crippen molar-refractivity contribution in [2.75, 3.05) is 0 Å². The smallest absolute Gasteiger partial charge is 0.208 e. The van der Waals surface area contributed by atoms with E-state index in [1.807, 2.05) is 0 Å². The van der Waals surface area contributed by atoms with Crippen LogP contribution >= 0.6 is 0 Å². The fourth-order valence-electron chi connectivity index (χ4n) is 5.96. The Balaban J connectivity index is 1.80. The normalized spacial score (nSPS) is 11.7. The molecule has 1 heterocycles. The van der Waals surface area contributed by atoms with Gasteiger partial charge in [0.15, 0.2) is 68.7 Å². The van der Waals surface area contributed by atoms with Crippen LogP contribution in [-0.4, -0.2) is 71.5 Å². The second-order valence-corrected chi connectivity index (χ2v) is 10.7. The lowest BCUT2D eigenvalue weighted by atomic mass is 9.84. The molecule has 6 aromatic carbocycles. The first-order valence-electron chi connectivity index (χ1n) is 13.3. The predicted molar refractivity (Wildman–Crippen MR) is 163 cm³/mol. The van der Waals surface area contributed by atoms with Crippen LogP contribution in [0.3, 0.4) is 0 Å². The topological polar surface area (TPSA) is 296 Å². The molecule has 0 saturated heterocycles. The monoisotopic (exact) mass is 644 g/mol. The van der Waals surface area contributed by atoms with Crippen LogP contribution in [0.2, 0.25) is 0 Å². The summed E-state index contributed by atoms with van der Waals surface area (Å²) in [5.74, 6) is -13.2. The molecule has 15 heteroatoms. The Morgan fingerprint density at radius 2 is 0.681 bits per heavy atom. The van der Waals surface area contributed by atoms with Crippen molar-refractivity contribution in [2.45, 2.75) is 0 Å². The van der Waals surface area contributed by atoms with Gasteiger partial charge in [0.25, 0.3) is 0 Å².